The van der Waals surface area contributed by atoms with E-state index >= 15 is 0 Å². The van der Waals surface area contributed by atoms with Crippen LogP contribution < -0.4 is 4.74 Å². The van der Waals surface area contributed by atoms with Crippen molar-refractivity contribution in [3.63, 3.8) is 0 Å². The third-order valence-corrected chi connectivity index (χ3v) is 4.32. The summed E-state index contributed by atoms with van der Waals surface area (Å²) in [5, 5.41) is 0. The Bertz CT molecular complexity index is 469. The number of thioether (sulfide) groups is 1. The van der Waals surface area contributed by atoms with Crippen molar-refractivity contribution in [2.24, 2.45) is 5.92 Å². The molecule has 2 rings (SSSR count). The normalized spacial score (nSPS) is 18.6. The third kappa shape index (κ3) is 4.92. The van der Waals surface area contributed by atoms with Gasteiger partial charge in [0.1, 0.15) is 0 Å². The van der Waals surface area contributed by atoms with Gasteiger partial charge in [-0.2, -0.15) is 11.8 Å². The topological polar surface area (TPSA) is 29.5 Å². The highest BCUT2D eigenvalue weighted by atomic mass is 32.2. The summed E-state index contributed by atoms with van der Waals surface area (Å²) in [6.07, 6.45) is 4.63. The first-order valence-corrected chi connectivity index (χ1v) is 8.74. The number of likely N-dealkylation sites (tertiary alicyclic amines) is 1. The molecule has 116 valence electrons. The number of carbonyl (C=O) groups excluding carboxylic acids is 1. The molecular formula is C16H22FNO2S. The summed E-state index contributed by atoms with van der Waals surface area (Å²) in [5.74, 6) is 1.34. The number of hydrogen-bond donors (Lipinski definition) is 0. The highest BCUT2D eigenvalue weighted by Crippen LogP contribution is 2.21. The molecule has 1 aliphatic rings. The lowest BCUT2D eigenvalue weighted by molar-refractivity contribution is -0.132. The average Bonchev–Trinajstić information content (AvgIpc) is 2.52. The second-order valence-corrected chi connectivity index (χ2v) is 6.32. The number of benzene rings is 1. The number of ether oxygens (including phenoxy) is 1. The summed E-state index contributed by atoms with van der Waals surface area (Å²) in [5.41, 5.74) is 0. The number of para-hydroxylation sites is 1. The Kier molecular flexibility index (Phi) is 6.36. The van der Waals surface area contributed by atoms with Crippen molar-refractivity contribution in [2.45, 2.75) is 19.3 Å². The third-order valence-electron chi connectivity index (χ3n) is 3.70. The number of piperidine rings is 1. The van der Waals surface area contributed by atoms with E-state index in [1.165, 1.54) is 6.07 Å². The first-order valence-electron chi connectivity index (χ1n) is 7.34. The zero-order chi connectivity index (χ0) is 15.1. The van der Waals surface area contributed by atoms with Crippen LogP contribution in [0.3, 0.4) is 0 Å². The van der Waals surface area contributed by atoms with Crippen LogP contribution in [0.2, 0.25) is 0 Å². The van der Waals surface area contributed by atoms with Gasteiger partial charge in [-0.25, -0.2) is 4.39 Å². The van der Waals surface area contributed by atoms with Crippen LogP contribution in [0.25, 0.3) is 0 Å². The van der Waals surface area contributed by atoms with Crippen LogP contribution in [0.15, 0.2) is 24.3 Å². The summed E-state index contributed by atoms with van der Waals surface area (Å²) < 4.78 is 19.1. The van der Waals surface area contributed by atoms with E-state index < -0.39 is 0 Å². The van der Waals surface area contributed by atoms with E-state index in [0.29, 0.717) is 18.8 Å². The Hall–Kier alpha value is -1.23. The van der Waals surface area contributed by atoms with Gasteiger partial charge in [-0.15, -0.1) is 0 Å². The second-order valence-electron chi connectivity index (χ2n) is 5.33. The molecule has 0 aliphatic carbocycles. The van der Waals surface area contributed by atoms with Crippen molar-refractivity contribution >= 4 is 17.7 Å². The Labute approximate surface area is 129 Å². The molecule has 21 heavy (non-hydrogen) atoms. The zero-order valence-electron chi connectivity index (χ0n) is 12.4. The standard InChI is InChI=1S/C16H22FNO2S/c1-21-10-8-16(19)18-9-4-5-13(11-18)12-20-15-7-3-2-6-14(15)17/h2-3,6-7,13H,4-5,8-12H2,1H3. The number of amides is 1. The Morgan fingerprint density at radius 2 is 2.29 bits per heavy atom. The van der Waals surface area contributed by atoms with Crippen molar-refractivity contribution < 1.29 is 13.9 Å². The maximum absolute atomic E-state index is 13.5. The van der Waals surface area contributed by atoms with Crippen LogP contribution in [-0.4, -0.2) is 42.5 Å². The van der Waals surface area contributed by atoms with E-state index in [1.807, 2.05) is 11.2 Å². The van der Waals surface area contributed by atoms with E-state index in [-0.39, 0.29) is 17.6 Å². The molecule has 1 amide bonds. The molecular weight excluding hydrogens is 289 g/mol. The predicted octanol–water partition coefficient (Wildman–Crippen LogP) is 3.20. The van der Waals surface area contributed by atoms with Crippen LogP contribution in [0.4, 0.5) is 4.39 Å². The Balaban J connectivity index is 1.81. The van der Waals surface area contributed by atoms with Crippen LogP contribution in [0.1, 0.15) is 19.3 Å². The molecule has 5 heteroatoms. The van der Waals surface area contributed by atoms with Gasteiger partial charge in [0.15, 0.2) is 11.6 Å². The fraction of sp³-hybridized carbons (Fsp3) is 0.562. The predicted molar refractivity (Wildman–Crippen MR) is 84.2 cm³/mol. The van der Waals surface area contributed by atoms with Gasteiger partial charge in [-0.3, -0.25) is 4.79 Å². The maximum Gasteiger partial charge on any atom is 0.223 e. The van der Waals surface area contributed by atoms with Crippen LogP contribution in [0, 0.1) is 11.7 Å². The Morgan fingerprint density at radius 3 is 3.05 bits per heavy atom. The highest BCUT2D eigenvalue weighted by molar-refractivity contribution is 7.98. The molecule has 0 N–H and O–H groups in total. The Morgan fingerprint density at radius 1 is 1.48 bits per heavy atom. The number of carbonyl (C=O) groups is 1. The molecule has 3 nitrogen and oxygen atoms in total. The molecule has 1 unspecified atom stereocenters. The van der Waals surface area contributed by atoms with Crippen LogP contribution in [0.5, 0.6) is 5.75 Å². The second kappa shape index (κ2) is 8.27. The SMILES string of the molecule is CSCCC(=O)N1CCCC(COc2ccccc2F)C1. The first kappa shape index (κ1) is 16.1. The van der Waals surface area contributed by atoms with Crippen molar-refractivity contribution in [1.82, 2.24) is 4.90 Å². The van der Waals surface area contributed by atoms with Gasteiger partial charge in [0, 0.05) is 31.2 Å². The quantitative estimate of drug-likeness (QED) is 0.808. The molecule has 1 atom stereocenters. The molecule has 0 aromatic heterocycles. The number of rotatable bonds is 6. The first-order chi connectivity index (χ1) is 10.2. The molecule has 0 radical (unpaired) electrons. The smallest absolute Gasteiger partial charge is 0.223 e. The highest BCUT2D eigenvalue weighted by Gasteiger charge is 2.23. The van der Waals surface area contributed by atoms with E-state index in [2.05, 4.69) is 0 Å². The summed E-state index contributed by atoms with van der Waals surface area (Å²) in [6, 6.07) is 6.44. The van der Waals surface area contributed by atoms with Crippen molar-refractivity contribution in [2.75, 3.05) is 31.7 Å². The van der Waals surface area contributed by atoms with Gasteiger partial charge in [0.05, 0.1) is 6.61 Å². The molecule has 0 saturated carbocycles. The van der Waals surface area contributed by atoms with E-state index in [0.717, 1.165) is 31.7 Å². The lowest BCUT2D eigenvalue weighted by Crippen LogP contribution is -2.41. The van der Waals surface area contributed by atoms with Gasteiger partial charge in [-0.05, 0) is 31.2 Å². The fourth-order valence-electron chi connectivity index (χ4n) is 2.54. The molecule has 1 aromatic carbocycles. The fourth-order valence-corrected chi connectivity index (χ4v) is 2.92. The summed E-state index contributed by atoms with van der Waals surface area (Å²) in [4.78, 5) is 14.0. The van der Waals surface area contributed by atoms with Gasteiger partial charge >= 0.3 is 0 Å². The molecule has 1 saturated heterocycles. The zero-order valence-corrected chi connectivity index (χ0v) is 13.2. The lowest BCUT2D eigenvalue weighted by atomic mass is 9.99. The molecule has 0 spiro atoms. The maximum atomic E-state index is 13.5. The minimum absolute atomic E-state index is 0.222. The largest absolute Gasteiger partial charge is 0.490 e. The van der Waals surface area contributed by atoms with Gasteiger partial charge in [0.25, 0.3) is 0 Å². The van der Waals surface area contributed by atoms with Gasteiger partial charge in [-0.1, -0.05) is 12.1 Å². The minimum Gasteiger partial charge on any atom is -0.490 e. The van der Waals surface area contributed by atoms with Crippen molar-refractivity contribution in [3.8, 4) is 5.75 Å². The molecule has 1 fully saturated rings. The van der Waals surface area contributed by atoms with Crippen LogP contribution >= 0.6 is 11.8 Å². The van der Waals surface area contributed by atoms with Crippen molar-refractivity contribution in [3.05, 3.63) is 30.1 Å². The molecule has 1 aliphatic heterocycles. The van der Waals surface area contributed by atoms with Gasteiger partial charge in [0.2, 0.25) is 5.91 Å². The monoisotopic (exact) mass is 311 g/mol. The van der Waals surface area contributed by atoms with E-state index in [9.17, 15) is 9.18 Å². The number of hydrogen-bond acceptors (Lipinski definition) is 3. The van der Waals surface area contributed by atoms with E-state index in [4.69, 9.17) is 4.74 Å². The number of halogens is 1. The average molecular weight is 311 g/mol. The minimum atomic E-state index is -0.332. The van der Waals surface area contributed by atoms with Gasteiger partial charge < -0.3 is 9.64 Å². The molecule has 1 heterocycles. The molecule has 1 aromatic rings. The molecule has 0 bridgehead atoms. The summed E-state index contributed by atoms with van der Waals surface area (Å²) >= 11 is 1.69. The van der Waals surface area contributed by atoms with Crippen LogP contribution in [-0.2, 0) is 4.79 Å². The van der Waals surface area contributed by atoms with Crippen molar-refractivity contribution in [1.29, 1.82) is 0 Å². The summed E-state index contributed by atoms with van der Waals surface area (Å²) in [7, 11) is 0. The van der Waals surface area contributed by atoms with E-state index in [1.54, 1.807) is 30.0 Å². The number of nitrogens with zero attached hydrogens (tertiary/aromatic N) is 1. The lowest BCUT2D eigenvalue weighted by Gasteiger charge is -2.32. The summed E-state index contributed by atoms with van der Waals surface area (Å²) in [6.45, 7) is 2.03.